The molecule has 7 heteroatoms. The Hall–Kier alpha value is -2.70. The van der Waals surface area contributed by atoms with Crippen LogP contribution in [-0.2, 0) is 4.79 Å². The predicted molar refractivity (Wildman–Crippen MR) is 60.6 cm³/mol. The van der Waals surface area contributed by atoms with Crippen molar-refractivity contribution < 1.29 is 14.2 Å². The molecule has 1 aromatic carbocycles. The lowest BCUT2D eigenvalue weighted by atomic mass is 9.94. The van der Waals surface area contributed by atoms with Crippen LogP contribution >= 0.6 is 0 Å². The highest BCUT2D eigenvalue weighted by Crippen LogP contribution is 2.31. The van der Waals surface area contributed by atoms with Gasteiger partial charge in [0.1, 0.15) is 5.92 Å². The molecule has 2 N–H and O–H groups in total. The summed E-state index contributed by atoms with van der Waals surface area (Å²) in [6, 6.07) is 7.33. The summed E-state index contributed by atoms with van der Waals surface area (Å²) in [4.78, 5) is 21.8. The van der Waals surface area contributed by atoms with Crippen molar-refractivity contribution in [3.8, 4) is 0 Å². The molecule has 1 aromatic heterocycles. The van der Waals surface area contributed by atoms with Gasteiger partial charge in [-0.1, -0.05) is 23.4 Å². The largest absolute Gasteiger partial charge is 0.369 e. The minimum absolute atomic E-state index is 0.178. The quantitative estimate of drug-likeness (QED) is 0.644. The highest BCUT2D eigenvalue weighted by molar-refractivity contribution is 5.86. The molecule has 1 heterocycles. The molecule has 92 valence electrons. The van der Waals surface area contributed by atoms with Crippen molar-refractivity contribution >= 4 is 11.6 Å². The monoisotopic (exact) mass is 247 g/mol. The maximum atomic E-state index is 11.5. The SMILES string of the molecule is NC(=O)C(c1ccno1)c1ccccc1[N+](=O)[O-]. The molecule has 2 rings (SSSR count). The van der Waals surface area contributed by atoms with E-state index in [1.165, 1.54) is 30.5 Å². The fourth-order valence-electron chi connectivity index (χ4n) is 1.72. The summed E-state index contributed by atoms with van der Waals surface area (Å²) in [5.41, 5.74) is 5.28. The zero-order valence-electron chi connectivity index (χ0n) is 9.15. The zero-order chi connectivity index (χ0) is 13.1. The molecule has 0 spiro atoms. The molecule has 0 bridgehead atoms. The van der Waals surface area contributed by atoms with E-state index in [4.69, 9.17) is 10.3 Å². The number of aromatic nitrogens is 1. The van der Waals surface area contributed by atoms with Crippen LogP contribution in [0.15, 0.2) is 41.1 Å². The predicted octanol–water partition coefficient (Wildman–Crippen LogP) is 1.20. The lowest BCUT2D eigenvalue weighted by Crippen LogP contribution is -2.22. The smallest absolute Gasteiger partial charge is 0.273 e. The number of hydrogen-bond acceptors (Lipinski definition) is 5. The highest BCUT2D eigenvalue weighted by atomic mass is 16.6. The van der Waals surface area contributed by atoms with Gasteiger partial charge in [0.25, 0.3) is 5.69 Å². The van der Waals surface area contributed by atoms with Crippen LogP contribution in [0.5, 0.6) is 0 Å². The third kappa shape index (κ3) is 2.05. The molecule has 0 aliphatic heterocycles. The van der Waals surface area contributed by atoms with Crippen LogP contribution in [0, 0.1) is 10.1 Å². The molecule has 1 amide bonds. The van der Waals surface area contributed by atoms with Crippen molar-refractivity contribution in [1.82, 2.24) is 5.16 Å². The first-order valence-corrected chi connectivity index (χ1v) is 5.04. The molecule has 0 aliphatic rings. The lowest BCUT2D eigenvalue weighted by Gasteiger charge is -2.10. The summed E-state index contributed by atoms with van der Waals surface area (Å²) < 4.78 is 4.87. The van der Waals surface area contributed by atoms with Crippen LogP contribution in [0.25, 0.3) is 0 Å². The summed E-state index contributed by atoms with van der Waals surface area (Å²) in [6.45, 7) is 0. The van der Waals surface area contributed by atoms with Crippen molar-refractivity contribution in [2.75, 3.05) is 0 Å². The van der Waals surface area contributed by atoms with Gasteiger partial charge in [-0.25, -0.2) is 0 Å². The van der Waals surface area contributed by atoms with Gasteiger partial charge in [0.05, 0.1) is 16.7 Å². The third-order valence-corrected chi connectivity index (χ3v) is 2.47. The molecule has 18 heavy (non-hydrogen) atoms. The number of amides is 1. The molecule has 1 atom stereocenters. The number of carbonyl (C=O) groups excluding carboxylic acids is 1. The second-order valence-corrected chi connectivity index (χ2v) is 3.57. The molecule has 2 aromatic rings. The Labute approximate surface area is 101 Å². The number of nitro groups is 1. The van der Waals surface area contributed by atoms with Crippen molar-refractivity contribution in [1.29, 1.82) is 0 Å². The molecular weight excluding hydrogens is 238 g/mol. The topological polar surface area (TPSA) is 112 Å². The number of para-hydroxylation sites is 1. The van der Waals surface area contributed by atoms with Crippen LogP contribution in [0.1, 0.15) is 17.2 Å². The minimum atomic E-state index is -1.02. The first kappa shape index (κ1) is 11.8. The summed E-state index contributed by atoms with van der Waals surface area (Å²) in [7, 11) is 0. The molecule has 1 unspecified atom stereocenters. The Morgan fingerprint density at radius 2 is 2.11 bits per heavy atom. The van der Waals surface area contributed by atoms with E-state index in [2.05, 4.69) is 5.16 Å². The molecule has 0 saturated heterocycles. The maximum Gasteiger partial charge on any atom is 0.273 e. The number of carbonyl (C=O) groups is 1. The Morgan fingerprint density at radius 1 is 1.39 bits per heavy atom. The molecule has 7 nitrogen and oxygen atoms in total. The van der Waals surface area contributed by atoms with E-state index in [0.29, 0.717) is 0 Å². The fraction of sp³-hybridized carbons (Fsp3) is 0.0909. The molecule has 0 saturated carbocycles. The van der Waals surface area contributed by atoms with Gasteiger partial charge in [-0.3, -0.25) is 14.9 Å². The molecular formula is C11H9N3O4. The molecule has 0 fully saturated rings. The van der Waals surface area contributed by atoms with Crippen LogP contribution in [0.2, 0.25) is 0 Å². The summed E-state index contributed by atoms with van der Waals surface area (Å²) >= 11 is 0. The van der Waals surface area contributed by atoms with Gasteiger partial charge in [0.15, 0.2) is 5.76 Å². The van der Waals surface area contributed by atoms with Gasteiger partial charge < -0.3 is 10.3 Å². The average molecular weight is 247 g/mol. The summed E-state index contributed by atoms with van der Waals surface area (Å²) in [5.74, 6) is -1.58. The highest BCUT2D eigenvalue weighted by Gasteiger charge is 2.30. The molecule has 0 radical (unpaired) electrons. The Morgan fingerprint density at radius 3 is 2.67 bits per heavy atom. The van der Waals surface area contributed by atoms with E-state index in [1.807, 2.05) is 0 Å². The second-order valence-electron chi connectivity index (χ2n) is 3.57. The number of rotatable bonds is 4. The Kier molecular flexibility index (Phi) is 3.05. The number of benzene rings is 1. The number of hydrogen-bond donors (Lipinski definition) is 1. The van der Waals surface area contributed by atoms with E-state index in [-0.39, 0.29) is 17.0 Å². The Bertz CT molecular complexity index is 580. The summed E-state index contributed by atoms with van der Waals surface area (Å²) in [6.07, 6.45) is 1.35. The zero-order valence-corrected chi connectivity index (χ0v) is 9.15. The van der Waals surface area contributed by atoms with Crippen molar-refractivity contribution in [2.45, 2.75) is 5.92 Å². The van der Waals surface area contributed by atoms with E-state index >= 15 is 0 Å². The van der Waals surface area contributed by atoms with Crippen molar-refractivity contribution in [3.05, 3.63) is 58.0 Å². The standard InChI is InChI=1S/C11H9N3O4/c12-11(15)10(9-5-6-13-18-9)7-3-1-2-4-8(7)14(16)17/h1-6,10H,(H2,12,15). The first-order valence-electron chi connectivity index (χ1n) is 5.04. The van der Waals surface area contributed by atoms with Gasteiger partial charge in [-0.2, -0.15) is 0 Å². The second kappa shape index (κ2) is 4.66. The number of nitro benzene ring substituents is 1. The van der Waals surface area contributed by atoms with E-state index in [1.54, 1.807) is 6.07 Å². The van der Waals surface area contributed by atoms with Crippen LogP contribution < -0.4 is 5.73 Å². The number of nitrogens with zero attached hydrogens (tertiary/aromatic N) is 2. The van der Waals surface area contributed by atoms with Gasteiger partial charge >= 0.3 is 0 Å². The molecule has 0 aliphatic carbocycles. The van der Waals surface area contributed by atoms with Crippen LogP contribution in [0.3, 0.4) is 0 Å². The van der Waals surface area contributed by atoms with E-state index in [9.17, 15) is 14.9 Å². The average Bonchev–Trinajstić information content (AvgIpc) is 2.83. The third-order valence-electron chi connectivity index (χ3n) is 2.47. The Balaban J connectivity index is 2.57. The summed E-state index contributed by atoms with van der Waals surface area (Å²) in [5, 5.41) is 14.4. The van der Waals surface area contributed by atoms with Gasteiger partial charge in [0, 0.05) is 12.1 Å². The van der Waals surface area contributed by atoms with Gasteiger partial charge in [0.2, 0.25) is 5.91 Å². The number of primary amides is 1. The van der Waals surface area contributed by atoms with Crippen molar-refractivity contribution in [2.24, 2.45) is 5.73 Å². The van der Waals surface area contributed by atoms with Crippen LogP contribution in [-0.4, -0.2) is 16.0 Å². The van der Waals surface area contributed by atoms with Gasteiger partial charge in [-0.15, -0.1) is 0 Å². The minimum Gasteiger partial charge on any atom is -0.369 e. The normalized spacial score (nSPS) is 12.0. The van der Waals surface area contributed by atoms with Crippen molar-refractivity contribution in [3.63, 3.8) is 0 Å². The van der Waals surface area contributed by atoms with E-state index in [0.717, 1.165) is 0 Å². The fourth-order valence-corrected chi connectivity index (χ4v) is 1.72. The number of nitrogens with two attached hydrogens (primary N) is 1. The maximum absolute atomic E-state index is 11.5. The lowest BCUT2D eigenvalue weighted by molar-refractivity contribution is -0.385. The van der Waals surface area contributed by atoms with Gasteiger partial charge in [-0.05, 0) is 0 Å². The van der Waals surface area contributed by atoms with E-state index < -0.39 is 16.7 Å². The first-order chi connectivity index (χ1) is 8.61. The van der Waals surface area contributed by atoms with Crippen LogP contribution in [0.4, 0.5) is 5.69 Å².